The molecule has 0 aliphatic rings. The van der Waals surface area contributed by atoms with E-state index in [0.29, 0.717) is 0 Å². The van der Waals surface area contributed by atoms with Gasteiger partial charge in [0, 0.05) is 17.2 Å². The van der Waals surface area contributed by atoms with Crippen LogP contribution in [0.2, 0.25) is 0 Å². The molecule has 16 heavy (non-hydrogen) atoms. The quantitative estimate of drug-likeness (QED) is 0.827. The van der Waals surface area contributed by atoms with Crippen LogP contribution in [0.15, 0.2) is 17.5 Å². The topological polar surface area (TPSA) is 80.3 Å². The maximum absolute atomic E-state index is 11.4. The van der Waals surface area contributed by atoms with Gasteiger partial charge in [-0.1, -0.05) is 13.0 Å². The molecule has 1 rings (SSSR count). The van der Waals surface area contributed by atoms with E-state index in [9.17, 15) is 16.8 Å². The molecule has 0 aliphatic heterocycles. The zero-order valence-electron chi connectivity index (χ0n) is 8.71. The van der Waals surface area contributed by atoms with Gasteiger partial charge in [0.05, 0.1) is 0 Å². The minimum Gasteiger partial charge on any atom is -0.228 e. The minimum absolute atomic E-state index is 0.138. The first-order chi connectivity index (χ1) is 7.35. The third-order valence-electron chi connectivity index (χ3n) is 1.82. The predicted octanol–water partition coefficient (Wildman–Crippen LogP) is 0.560. The van der Waals surface area contributed by atoms with Gasteiger partial charge in [-0.05, 0) is 11.4 Å². The van der Waals surface area contributed by atoms with Gasteiger partial charge in [-0.15, -0.1) is 11.3 Å². The molecule has 0 spiro atoms. The van der Waals surface area contributed by atoms with E-state index in [1.54, 1.807) is 12.1 Å². The summed E-state index contributed by atoms with van der Waals surface area (Å²) in [5.74, 6) is -0.174. The molecule has 0 unspecified atom stereocenters. The molecule has 0 fully saturated rings. The van der Waals surface area contributed by atoms with Crippen molar-refractivity contribution in [3.05, 3.63) is 22.4 Å². The molecule has 1 heterocycles. The van der Waals surface area contributed by atoms with Crippen molar-refractivity contribution in [3.63, 3.8) is 0 Å². The van der Waals surface area contributed by atoms with Crippen LogP contribution in [0.3, 0.4) is 0 Å². The smallest absolute Gasteiger partial charge is 0.226 e. The summed E-state index contributed by atoms with van der Waals surface area (Å²) in [6.45, 7) is 1.56. The molecule has 92 valence electrons. The van der Waals surface area contributed by atoms with Gasteiger partial charge < -0.3 is 0 Å². The Balaban J connectivity index is 2.60. The summed E-state index contributed by atoms with van der Waals surface area (Å²) in [6, 6.07) is 3.58. The van der Waals surface area contributed by atoms with E-state index < -0.39 is 24.9 Å². The molecule has 0 aromatic carbocycles. The molecule has 0 aliphatic carbocycles. The predicted molar refractivity (Wildman–Crippen MR) is 64.4 cm³/mol. The van der Waals surface area contributed by atoms with Crippen LogP contribution in [-0.2, 0) is 26.4 Å². The minimum atomic E-state index is -3.76. The SMILES string of the molecule is CCS(=O)(=O)CS(=O)(=O)NCc1cccs1. The highest BCUT2D eigenvalue weighted by Crippen LogP contribution is 2.08. The fourth-order valence-electron chi connectivity index (χ4n) is 0.956. The summed E-state index contributed by atoms with van der Waals surface area (Å²) in [5, 5.41) is 0.980. The summed E-state index contributed by atoms with van der Waals surface area (Å²) in [6.07, 6.45) is 0. The molecule has 0 saturated carbocycles. The first kappa shape index (κ1) is 13.6. The van der Waals surface area contributed by atoms with Crippen LogP contribution < -0.4 is 4.72 Å². The Hall–Kier alpha value is -0.440. The Morgan fingerprint density at radius 1 is 1.31 bits per heavy atom. The number of rotatable bonds is 6. The lowest BCUT2D eigenvalue weighted by molar-refractivity contribution is 0.580. The summed E-state index contributed by atoms with van der Waals surface area (Å²) in [7, 11) is -7.27. The van der Waals surface area contributed by atoms with Gasteiger partial charge >= 0.3 is 0 Å². The second-order valence-corrected chi connectivity index (χ2v) is 8.72. The number of hydrogen-bond donors (Lipinski definition) is 1. The van der Waals surface area contributed by atoms with E-state index in [0.717, 1.165) is 4.88 Å². The third kappa shape index (κ3) is 4.60. The van der Waals surface area contributed by atoms with Crippen LogP contribution in [0.1, 0.15) is 11.8 Å². The van der Waals surface area contributed by atoms with Crippen LogP contribution in [0.25, 0.3) is 0 Å². The van der Waals surface area contributed by atoms with E-state index in [1.807, 2.05) is 5.38 Å². The number of hydrogen-bond acceptors (Lipinski definition) is 5. The summed E-state index contributed by atoms with van der Waals surface area (Å²) < 4.78 is 47.4. The van der Waals surface area contributed by atoms with Crippen LogP contribution in [0, 0.1) is 0 Å². The highest BCUT2D eigenvalue weighted by molar-refractivity contribution is 8.07. The molecular weight excluding hydrogens is 270 g/mol. The largest absolute Gasteiger partial charge is 0.228 e. The lowest BCUT2D eigenvalue weighted by Gasteiger charge is -2.05. The van der Waals surface area contributed by atoms with Gasteiger partial charge in [0.15, 0.2) is 14.9 Å². The number of nitrogens with one attached hydrogen (secondary N) is 1. The van der Waals surface area contributed by atoms with Crippen molar-refractivity contribution < 1.29 is 16.8 Å². The van der Waals surface area contributed by atoms with Crippen molar-refractivity contribution >= 4 is 31.2 Å². The highest BCUT2D eigenvalue weighted by Gasteiger charge is 2.20. The number of sulfonamides is 1. The Bertz CT molecular complexity index is 516. The van der Waals surface area contributed by atoms with Gasteiger partial charge in [0.25, 0.3) is 0 Å². The molecule has 5 nitrogen and oxygen atoms in total. The zero-order valence-corrected chi connectivity index (χ0v) is 11.2. The van der Waals surface area contributed by atoms with Crippen LogP contribution in [-0.4, -0.2) is 27.7 Å². The second kappa shape index (κ2) is 5.26. The fourth-order valence-corrected chi connectivity index (χ4v) is 4.96. The van der Waals surface area contributed by atoms with Crippen LogP contribution >= 0.6 is 11.3 Å². The number of thiophene rings is 1. The van der Waals surface area contributed by atoms with Gasteiger partial charge in [-0.3, -0.25) is 0 Å². The van der Waals surface area contributed by atoms with Crippen LogP contribution in [0.5, 0.6) is 0 Å². The van der Waals surface area contributed by atoms with Crippen molar-refractivity contribution in [1.82, 2.24) is 4.72 Å². The lowest BCUT2D eigenvalue weighted by Crippen LogP contribution is -2.30. The van der Waals surface area contributed by atoms with E-state index in [2.05, 4.69) is 4.72 Å². The van der Waals surface area contributed by atoms with Crippen molar-refractivity contribution in [3.8, 4) is 0 Å². The summed E-state index contributed by atoms with van der Waals surface area (Å²) in [5.41, 5.74) is 0. The molecule has 0 amide bonds. The summed E-state index contributed by atoms with van der Waals surface area (Å²) in [4.78, 5) is 0.845. The molecule has 8 heteroatoms. The van der Waals surface area contributed by atoms with E-state index >= 15 is 0 Å². The van der Waals surface area contributed by atoms with Gasteiger partial charge in [-0.2, -0.15) is 0 Å². The third-order valence-corrected chi connectivity index (χ3v) is 6.84. The normalized spacial score (nSPS) is 12.8. The standard InChI is InChI=1S/C8H13NO4S3/c1-2-15(10,11)7-16(12,13)9-6-8-4-3-5-14-8/h3-5,9H,2,6-7H2,1H3. The van der Waals surface area contributed by atoms with E-state index in [1.165, 1.54) is 18.3 Å². The Morgan fingerprint density at radius 2 is 2.00 bits per heavy atom. The average molecular weight is 283 g/mol. The summed E-state index contributed by atoms with van der Waals surface area (Å²) >= 11 is 1.41. The molecule has 0 atom stereocenters. The first-order valence-electron chi connectivity index (χ1n) is 4.55. The van der Waals surface area contributed by atoms with Crippen molar-refractivity contribution in [2.24, 2.45) is 0 Å². The molecule has 1 N–H and O–H groups in total. The van der Waals surface area contributed by atoms with Gasteiger partial charge in [-0.25, -0.2) is 21.6 Å². The first-order valence-corrected chi connectivity index (χ1v) is 8.90. The maximum atomic E-state index is 11.4. The maximum Gasteiger partial charge on any atom is 0.226 e. The molecular formula is C8H13NO4S3. The molecule has 1 aromatic rings. The van der Waals surface area contributed by atoms with Crippen molar-refractivity contribution in [2.45, 2.75) is 13.5 Å². The highest BCUT2D eigenvalue weighted by atomic mass is 32.3. The van der Waals surface area contributed by atoms with Crippen molar-refractivity contribution in [2.75, 3.05) is 10.8 Å². The molecule has 0 saturated heterocycles. The van der Waals surface area contributed by atoms with E-state index in [4.69, 9.17) is 0 Å². The van der Waals surface area contributed by atoms with Gasteiger partial charge in [0.2, 0.25) is 10.0 Å². The van der Waals surface area contributed by atoms with Crippen LogP contribution in [0.4, 0.5) is 0 Å². The van der Waals surface area contributed by atoms with E-state index in [-0.39, 0.29) is 12.3 Å². The lowest BCUT2D eigenvalue weighted by atomic mass is 10.5. The Morgan fingerprint density at radius 3 is 2.50 bits per heavy atom. The second-order valence-electron chi connectivity index (χ2n) is 3.17. The average Bonchev–Trinajstić information content (AvgIpc) is 2.66. The molecule has 1 aromatic heterocycles. The van der Waals surface area contributed by atoms with Gasteiger partial charge in [0.1, 0.15) is 0 Å². The zero-order chi connectivity index (χ0) is 12.2. The van der Waals surface area contributed by atoms with Crippen molar-refractivity contribution in [1.29, 1.82) is 0 Å². The monoisotopic (exact) mass is 283 g/mol. The molecule has 0 radical (unpaired) electrons. The Labute approximate surface area is 99.5 Å². The fraction of sp³-hybridized carbons (Fsp3) is 0.500. The molecule has 0 bridgehead atoms. The number of sulfone groups is 1. The Kier molecular flexibility index (Phi) is 4.48.